The summed E-state index contributed by atoms with van der Waals surface area (Å²) in [4.78, 5) is 14.4. The molecule has 0 aromatic carbocycles. The van der Waals surface area contributed by atoms with E-state index in [0.717, 1.165) is 32.4 Å². The van der Waals surface area contributed by atoms with Crippen LogP contribution in [0.5, 0.6) is 0 Å². The number of ether oxygens (including phenoxy) is 1. The highest BCUT2D eigenvalue weighted by molar-refractivity contribution is 5.68. The van der Waals surface area contributed by atoms with Gasteiger partial charge in [-0.25, -0.2) is 4.79 Å². The number of nitrogens with zero attached hydrogens (tertiary/aromatic N) is 1. The van der Waals surface area contributed by atoms with Crippen LogP contribution in [0.3, 0.4) is 0 Å². The first kappa shape index (κ1) is 16.1. The molecule has 3 unspecified atom stereocenters. The molecule has 1 amide bonds. The number of amides is 1. The van der Waals surface area contributed by atoms with Crippen molar-refractivity contribution in [3.05, 3.63) is 0 Å². The molecule has 2 saturated carbocycles. The number of nitrogens with one attached hydrogen (secondary N) is 1. The second-order valence-electron chi connectivity index (χ2n) is 8.34. The van der Waals surface area contributed by atoms with Gasteiger partial charge >= 0.3 is 6.09 Å². The maximum atomic E-state index is 11.9. The molecular formula is C17H30N2O3. The van der Waals surface area contributed by atoms with E-state index in [1.54, 1.807) is 0 Å². The molecule has 5 heteroatoms. The van der Waals surface area contributed by atoms with Gasteiger partial charge in [0.25, 0.3) is 0 Å². The van der Waals surface area contributed by atoms with E-state index in [0.29, 0.717) is 17.9 Å². The summed E-state index contributed by atoms with van der Waals surface area (Å²) >= 11 is 0. The highest BCUT2D eigenvalue weighted by atomic mass is 16.6. The minimum Gasteiger partial charge on any atom is -0.444 e. The van der Waals surface area contributed by atoms with Crippen molar-refractivity contribution in [3.63, 3.8) is 0 Å². The molecule has 0 spiro atoms. The summed E-state index contributed by atoms with van der Waals surface area (Å²) in [6, 6.07) is 0.783. The van der Waals surface area contributed by atoms with E-state index in [9.17, 15) is 9.90 Å². The summed E-state index contributed by atoms with van der Waals surface area (Å²) in [7, 11) is 0. The second kappa shape index (κ2) is 6.00. The average molecular weight is 310 g/mol. The molecule has 0 aromatic heterocycles. The highest BCUT2D eigenvalue weighted by Crippen LogP contribution is 2.44. The van der Waals surface area contributed by atoms with E-state index in [1.165, 1.54) is 12.8 Å². The summed E-state index contributed by atoms with van der Waals surface area (Å²) in [5.41, 5.74) is -0.443. The Morgan fingerprint density at radius 1 is 1.18 bits per heavy atom. The summed E-state index contributed by atoms with van der Waals surface area (Å²) < 4.78 is 5.34. The zero-order valence-electron chi connectivity index (χ0n) is 14.0. The van der Waals surface area contributed by atoms with Gasteiger partial charge in [-0.1, -0.05) is 0 Å². The molecule has 3 rings (SSSR count). The Bertz CT molecular complexity index is 407. The molecule has 2 bridgehead atoms. The predicted octanol–water partition coefficient (Wildman–Crippen LogP) is 2.13. The quantitative estimate of drug-likeness (QED) is 0.820. The minimum atomic E-state index is -0.443. The first-order valence-electron chi connectivity index (χ1n) is 8.73. The number of alkyl carbamates (subject to hydrolysis) is 1. The summed E-state index contributed by atoms with van der Waals surface area (Å²) in [5.74, 6) is 1.00. The first-order chi connectivity index (χ1) is 10.3. The lowest BCUT2D eigenvalue weighted by molar-refractivity contribution is 0.0206. The summed E-state index contributed by atoms with van der Waals surface area (Å²) in [6.07, 6.45) is 5.25. The Kier molecular flexibility index (Phi) is 4.38. The maximum absolute atomic E-state index is 11.9. The summed E-state index contributed by atoms with van der Waals surface area (Å²) in [5, 5.41) is 13.2. The van der Waals surface area contributed by atoms with Crippen LogP contribution >= 0.6 is 0 Å². The lowest BCUT2D eigenvalue weighted by Crippen LogP contribution is -2.45. The number of rotatable bonds is 2. The number of fused-ring (bicyclic) bond motifs is 2. The van der Waals surface area contributed by atoms with Crippen LogP contribution in [0.2, 0.25) is 0 Å². The molecule has 3 aliphatic rings. The number of likely N-dealkylation sites (tertiary alicyclic amines) is 1. The fraction of sp³-hybridized carbons (Fsp3) is 0.941. The van der Waals surface area contributed by atoms with Gasteiger partial charge in [0, 0.05) is 25.2 Å². The SMILES string of the molecule is CC(C)(C)OC(=O)NC1CCN(C2CC3CCC(C2)C3O)C1. The Morgan fingerprint density at radius 2 is 1.82 bits per heavy atom. The van der Waals surface area contributed by atoms with Crippen molar-refractivity contribution >= 4 is 6.09 Å². The largest absolute Gasteiger partial charge is 0.444 e. The molecule has 1 aliphatic heterocycles. The molecule has 2 aliphatic carbocycles. The fourth-order valence-electron chi connectivity index (χ4n) is 4.47. The van der Waals surface area contributed by atoms with Crippen molar-refractivity contribution in [1.82, 2.24) is 10.2 Å². The van der Waals surface area contributed by atoms with Gasteiger partial charge in [-0.3, -0.25) is 4.90 Å². The predicted molar refractivity (Wildman–Crippen MR) is 84.6 cm³/mol. The van der Waals surface area contributed by atoms with E-state index in [2.05, 4.69) is 10.2 Å². The Morgan fingerprint density at radius 3 is 2.41 bits per heavy atom. The van der Waals surface area contributed by atoms with Crippen LogP contribution in [0, 0.1) is 11.8 Å². The minimum absolute atomic E-state index is 0.0606. The van der Waals surface area contributed by atoms with Gasteiger partial charge in [0.15, 0.2) is 0 Å². The average Bonchev–Trinajstić information content (AvgIpc) is 2.90. The van der Waals surface area contributed by atoms with E-state index in [1.807, 2.05) is 20.8 Å². The van der Waals surface area contributed by atoms with Crippen LogP contribution in [0.1, 0.15) is 52.9 Å². The van der Waals surface area contributed by atoms with Crippen LogP contribution in [0.25, 0.3) is 0 Å². The van der Waals surface area contributed by atoms with Crippen molar-refractivity contribution < 1.29 is 14.6 Å². The van der Waals surface area contributed by atoms with E-state index < -0.39 is 5.60 Å². The van der Waals surface area contributed by atoms with Gasteiger partial charge in [-0.05, 0) is 64.7 Å². The second-order valence-corrected chi connectivity index (χ2v) is 8.34. The monoisotopic (exact) mass is 310 g/mol. The molecule has 1 saturated heterocycles. The Balaban J connectivity index is 1.48. The Labute approximate surface area is 133 Å². The van der Waals surface area contributed by atoms with Crippen molar-refractivity contribution in [2.75, 3.05) is 13.1 Å². The number of carbonyl (C=O) groups excluding carboxylic acids is 1. The molecule has 22 heavy (non-hydrogen) atoms. The third-order valence-corrected chi connectivity index (χ3v) is 5.48. The molecule has 126 valence electrons. The van der Waals surface area contributed by atoms with Crippen molar-refractivity contribution in [1.29, 1.82) is 0 Å². The standard InChI is InChI=1S/C17H30N2O3/c1-17(2,3)22-16(21)18-13-6-7-19(10-13)14-8-11-4-5-12(9-14)15(11)20/h11-15,20H,4-10H2,1-3H3,(H,18,21). The summed E-state index contributed by atoms with van der Waals surface area (Å²) in [6.45, 7) is 7.62. The van der Waals surface area contributed by atoms with Gasteiger partial charge in [0.05, 0.1) is 6.10 Å². The lowest BCUT2D eigenvalue weighted by atomic mass is 9.82. The third kappa shape index (κ3) is 3.57. The van der Waals surface area contributed by atoms with E-state index in [4.69, 9.17) is 4.74 Å². The zero-order chi connectivity index (χ0) is 15.9. The number of hydrogen-bond donors (Lipinski definition) is 2. The van der Waals surface area contributed by atoms with Crippen LogP contribution < -0.4 is 5.32 Å². The Hall–Kier alpha value is -0.810. The van der Waals surface area contributed by atoms with Crippen LogP contribution in [0.4, 0.5) is 4.79 Å². The lowest BCUT2D eigenvalue weighted by Gasteiger charge is -2.37. The number of hydrogen-bond acceptors (Lipinski definition) is 4. The molecule has 5 nitrogen and oxygen atoms in total. The van der Waals surface area contributed by atoms with Gasteiger partial charge in [0.2, 0.25) is 0 Å². The smallest absolute Gasteiger partial charge is 0.407 e. The molecule has 3 atom stereocenters. The van der Waals surface area contributed by atoms with E-state index >= 15 is 0 Å². The molecule has 3 fully saturated rings. The van der Waals surface area contributed by atoms with E-state index in [-0.39, 0.29) is 18.2 Å². The molecular weight excluding hydrogens is 280 g/mol. The van der Waals surface area contributed by atoms with Crippen LogP contribution in [-0.4, -0.2) is 53.0 Å². The maximum Gasteiger partial charge on any atom is 0.407 e. The van der Waals surface area contributed by atoms with Gasteiger partial charge in [-0.15, -0.1) is 0 Å². The zero-order valence-corrected chi connectivity index (χ0v) is 14.0. The number of aliphatic hydroxyl groups is 1. The first-order valence-corrected chi connectivity index (χ1v) is 8.73. The van der Waals surface area contributed by atoms with Crippen LogP contribution in [0.15, 0.2) is 0 Å². The molecule has 2 N–H and O–H groups in total. The third-order valence-electron chi connectivity index (χ3n) is 5.48. The number of carbonyl (C=O) groups is 1. The van der Waals surface area contributed by atoms with Crippen molar-refractivity contribution in [2.45, 2.75) is 76.7 Å². The van der Waals surface area contributed by atoms with Crippen molar-refractivity contribution in [2.24, 2.45) is 11.8 Å². The molecule has 1 heterocycles. The van der Waals surface area contributed by atoms with Gasteiger partial charge in [0.1, 0.15) is 5.60 Å². The van der Waals surface area contributed by atoms with Crippen LogP contribution in [-0.2, 0) is 4.74 Å². The van der Waals surface area contributed by atoms with Crippen molar-refractivity contribution in [3.8, 4) is 0 Å². The topological polar surface area (TPSA) is 61.8 Å². The fourth-order valence-corrected chi connectivity index (χ4v) is 4.47. The van der Waals surface area contributed by atoms with Gasteiger partial charge < -0.3 is 15.2 Å². The molecule has 0 radical (unpaired) electrons. The molecule has 0 aromatic rings. The highest BCUT2D eigenvalue weighted by Gasteiger charge is 2.44. The normalized spacial score (nSPS) is 39.0. The number of aliphatic hydroxyl groups excluding tert-OH is 1. The van der Waals surface area contributed by atoms with Gasteiger partial charge in [-0.2, -0.15) is 0 Å².